The number of aryl methyl sites for hydroxylation is 1. The maximum Gasteiger partial charge on any atom is 0.0608 e. The molecule has 0 saturated carbocycles. The van der Waals surface area contributed by atoms with Gasteiger partial charge in [0.2, 0.25) is 0 Å². The third-order valence-electron chi connectivity index (χ3n) is 1.89. The van der Waals surface area contributed by atoms with Crippen molar-refractivity contribution in [2.75, 3.05) is 6.26 Å². The normalized spacial score (nSPS) is 11.0. The first-order valence-electron chi connectivity index (χ1n) is 3.94. The van der Waals surface area contributed by atoms with E-state index in [1.807, 2.05) is 23.1 Å². The van der Waals surface area contributed by atoms with Crippen molar-refractivity contribution in [3.8, 4) is 0 Å². The lowest BCUT2D eigenvalue weighted by molar-refractivity contribution is 1.50. The molecule has 68 valence electrons. The van der Waals surface area contributed by atoms with Crippen LogP contribution in [-0.4, -0.2) is 6.26 Å². The van der Waals surface area contributed by atoms with E-state index in [1.165, 1.54) is 23.4 Å². The van der Waals surface area contributed by atoms with Gasteiger partial charge in [-0.2, -0.15) is 0 Å². The second-order valence-corrected chi connectivity index (χ2v) is 6.26. The Labute approximate surface area is 99.9 Å². The largest absolute Gasteiger partial charge is 0.128 e. The molecule has 0 bridgehead atoms. The van der Waals surface area contributed by atoms with Gasteiger partial charge in [-0.25, -0.2) is 0 Å². The zero-order valence-corrected chi connectivity index (χ0v) is 11.2. The van der Waals surface area contributed by atoms with Crippen LogP contribution in [0.2, 0.25) is 0 Å². The van der Waals surface area contributed by atoms with E-state index in [1.54, 1.807) is 0 Å². The average Bonchev–Trinajstić information content (AvgIpc) is 2.47. The predicted octanol–water partition coefficient (Wildman–Crippen LogP) is 4.54. The van der Waals surface area contributed by atoms with Crippen LogP contribution >= 0.6 is 45.7 Å². The lowest BCUT2D eigenvalue weighted by Gasteiger charge is -1.95. The van der Waals surface area contributed by atoms with E-state index in [2.05, 4.69) is 54.0 Å². The number of halogens is 1. The van der Waals surface area contributed by atoms with Crippen molar-refractivity contribution in [3.05, 3.63) is 27.3 Å². The van der Waals surface area contributed by atoms with Crippen molar-refractivity contribution in [2.45, 2.75) is 11.1 Å². The molecule has 2 rings (SSSR count). The average molecular weight is 320 g/mol. The van der Waals surface area contributed by atoms with Crippen LogP contribution in [0.3, 0.4) is 0 Å². The van der Waals surface area contributed by atoms with Crippen LogP contribution in [0.5, 0.6) is 0 Å². The van der Waals surface area contributed by atoms with Gasteiger partial charge in [-0.1, -0.05) is 6.07 Å². The monoisotopic (exact) mass is 320 g/mol. The Balaban J connectivity index is 2.75. The van der Waals surface area contributed by atoms with E-state index in [9.17, 15) is 0 Å². The number of thiophene rings is 1. The van der Waals surface area contributed by atoms with E-state index in [0.717, 1.165) is 0 Å². The van der Waals surface area contributed by atoms with Crippen LogP contribution in [-0.2, 0) is 0 Å². The molecule has 1 heterocycles. The summed E-state index contributed by atoms with van der Waals surface area (Å²) in [6, 6.07) is 6.77. The fourth-order valence-electron chi connectivity index (χ4n) is 1.33. The van der Waals surface area contributed by atoms with Gasteiger partial charge in [0.1, 0.15) is 0 Å². The summed E-state index contributed by atoms with van der Waals surface area (Å²) in [6.45, 7) is 2.15. The van der Waals surface area contributed by atoms with E-state index >= 15 is 0 Å². The molecule has 1 aromatic heterocycles. The van der Waals surface area contributed by atoms with Crippen molar-refractivity contribution in [1.82, 2.24) is 0 Å². The highest BCUT2D eigenvalue weighted by atomic mass is 127. The molecular formula is C10H9IS2. The molecule has 3 heteroatoms. The number of benzene rings is 1. The fraction of sp³-hybridized carbons (Fsp3) is 0.200. The summed E-state index contributed by atoms with van der Waals surface area (Å²) in [7, 11) is 0. The minimum atomic E-state index is 1.35. The Hall–Kier alpha value is 0.260. The highest BCUT2D eigenvalue weighted by Crippen LogP contribution is 2.35. The van der Waals surface area contributed by atoms with Gasteiger partial charge in [-0.3, -0.25) is 0 Å². The Morgan fingerprint density at radius 3 is 2.77 bits per heavy atom. The Kier molecular flexibility index (Phi) is 2.86. The molecular weight excluding hydrogens is 311 g/mol. The molecule has 0 aliphatic heterocycles. The number of rotatable bonds is 1. The van der Waals surface area contributed by atoms with Gasteiger partial charge < -0.3 is 0 Å². The van der Waals surface area contributed by atoms with Gasteiger partial charge in [-0.05, 0) is 58.9 Å². The molecule has 1 aromatic carbocycles. The Morgan fingerprint density at radius 2 is 2.08 bits per heavy atom. The van der Waals surface area contributed by atoms with Crippen molar-refractivity contribution in [3.63, 3.8) is 0 Å². The zero-order chi connectivity index (χ0) is 9.42. The predicted molar refractivity (Wildman–Crippen MR) is 71.1 cm³/mol. The molecule has 0 fully saturated rings. The summed E-state index contributed by atoms with van der Waals surface area (Å²) in [5.41, 5.74) is 1.35. The zero-order valence-electron chi connectivity index (χ0n) is 7.43. The standard InChI is InChI=1S/C10H9IS2/c1-6-3-7-5-9(12-2)13-10(7)8(11)4-6/h3-5H,1-2H3. The molecule has 13 heavy (non-hydrogen) atoms. The minimum absolute atomic E-state index is 1.35. The molecule has 0 N–H and O–H groups in total. The molecule has 0 radical (unpaired) electrons. The number of fused-ring (bicyclic) bond motifs is 1. The van der Waals surface area contributed by atoms with Gasteiger partial charge in [0.25, 0.3) is 0 Å². The van der Waals surface area contributed by atoms with Crippen LogP contribution in [0.15, 0.2) is 22.4 Å². The molecule has 0 spiro atoms. The fourth-order valence-corrected chi connectivity index (χ4v) is 4.07. The second kappa shape index (κ2) is 3.79. The van der Waals surface area contributed by atoms with Crippen molar-refractivity contribution in [2.24, 2.45) is 0 Å². The number of hydrogen-bond acceptors (Lipinski definition) is 2. The third-order valence-corrected chi connectivity index (χ3v) is 5.36. The van der Waals surface area contributed by atoms with Crippen LogP contribution < -0.4 is 0 Å². The molecule has 0 saturated heterocycles. The topological polar surface area (TPSA) is 0 Å². The van der Waals surface area contributed by atoms with Crippen LogP contribution in [0, 0.1) is 10.5 Å². The third kappa shape index (κ3) is 1.87. The maximum atomic E-state index is 2.41. The number of hydrogen-bond donors (Lipinski definition) is 0. The first-order chi connectivity index (χ1) is 6.20. The SMILES string of the molecule is CSc1cc2cc(C)cc(I)c2s1. The van der Waals surface area contributed by atoms with Crippen LogP contribution in [0.4, 0.5) is 0 Å². The van der Waals surface area contributed by atoms with E-state index in [4.69, 9.17) is 0 Å². The highest BCUT2D eigenvalue weighted by Gasteiger charge is 2.04. The quantitative estimate of drug-likeness (QED) is 0.549. The lowest BCUT2D eigenvalue weighted by Crippen LogP contribution is -1.74. The van der Waals surface area contributed by atoms with Crippen molar-refractivity contribution in [1.29, 1.82) is 0 Å². The number of thioether (sulfide) groups is 1. The second-order valence-electron chi connectivity index (χ2n) is 2.93. The molecule has 0 atom stereocenters. The molecule has 2 aromatic rings. The summed E-state index contributed by atoms with van der Waals surface area (Å²) in [6.07, 6.45) is 2.13. The summed E-state index contributed by atoms with van der Waals surface area (Å²) in [5, 5.41) is 1.39. The van der Waals surface area contributed by atoms with Gasteiger partial charge in [0.15, 0.2) is 0 Å². The Morgan fingerprint density at radius 1 is 1.31 bits per heavy atom. The molecule has 0 aliphatic rings. The van der Waals surface area contributed by atoms with Gasteiger partial charge in [0.05, 0.1) is 4.21 Å². The Bertz CT molecular complexity index is 445. The van der Waals surface area contributed by atoms with E-state index < -0.39 is 0 Å². The van der Waals surface area contributed by atoms with Crippen LogP contribution in [0.1, 0.15) is 5.56 Å². The first kappa shape index (κ1) is 9.80. The molecule has 0 nitrogen and oxygen atoms in total. The van der Waals surface area contributed by atoms with E-state index in [-0.39, 0.29) is 0 Å². The smallest absolute Gasteiger partial charge is 0.0608 e. The minimum Gasteiger partial charge on any atom is -0.128 e. The summed E-state index contributed by atoms with van der Waals surface area (Å²) >= 11 is 6.13. The summed E-state index contributed by atoms with van der Waals surface area (Å²) < 4.78 is 4.20. The van der Waals surface area contributed by atoms with Crippen LogP contribution in [0.25, 0.3) is 10.1 Å². The summed E-state index contributed by atoms with van der Waals surface area (Å²) in [5.74, 6) is 0. The molecule has 0 aliphatic carbocycles. The molecule has 0 unspecified atom stereocenters. The van der Waals surface area contributed by atoms with Gasteiger partial charge >= 0.3 is 0 Å². The van der Waals surface area contributed by atoms with Crippen molar-refractivity contribution >= 4 is 55.8 Å². The van der Waals surface area contributed by atoms with Gasteiger partial charge in [-0.15, -0.1) is 23.1 Å². The first-order valence-corrected chi connectivity index (χ1v) is 7.06. The summed E-state index contributed by atoms with van der Waals surface area (Å²) in [4.78, 5) is 0. The lowest BCUT2D eigenvalue weighted by atomic mass is 10.2. The maximum absolute atomic E-state index is 2.41. The van der Waals surface area contributed by atoms with E-state index in [0.29, 0.717) is 0 Å². The highest BCUT2D eigenvalue weighted by molar-refractivity contribution is 14.1. The molecule has 0 amide bonds. The van der Waals surface area contributed by atoms with Crippen molar-refractivity contribution < 1.29 is 0 Å². The van der Waals surface area contributed by atoms with Gasteiger partial charge in [0, 0.05) is 8.27 Å².